The van der Waals surface area contributed by atoms with Crippen molar-refractivity contribution in [3.63, 3.8) is 0 Å². The highest BCUT2D eigenvalue weighted by Crippen LogP contribution is 2.42. The van der Waals surface area contributed by atoms with E-state index in [1.165, 1.54) is 19.3 Å². The van der Waals surface area contributed by atoms with Crippen molar-refractivity contribution in [2.75, 3.05) is 25.9 Å². The van der Waals surface area contributed by atoms with E-state index in [4.69, 9.17) is 0 Å². The van der Waals surface area contributed by atoms with Gasteiger partial charge in [-0.3, -0.25) is 14.9 Å². The summed E-state index contributed by atoms with van der Waals surface area (Å²) in [6.45, 7) is 1.35. The van der Waals surface area contributed by atoms with Crippen LogP contribution in [-0.2, 0) is 9.59 Å². The first-order chi connectivity index (χ1) is 8.15. The second kappa shape index (κ2) is 5.27. The van der Waals surface area contributed by atoms with Crippen molar-refractivity contribution in [2.24, 2.45) is 0 Å². The van der Waals surface area contributed by atoms with Gasteiger partial charge in [-0.05, 0) is 19.1 Å². The molecule has 1 saturated heterocycles. The average molecular weight is 257 g/mol. The maximum absolute atomic E-state index is 11.9. The molecule has 1 unspecified atom stereocenters. The minimum absolute atomic E-state index is 0.00896. The molecule has 6 heteroatoms. The third-order valence-corrected chi connectivity index (χ3v) is 5.03. The molecule has 0 bridgehead atoms. The first-order valence-corrected chi connectivity index (χ1v) is 7.21. The Bertz CT molecular complexity index is 302. The summed E-state index contributed by atoms with van der Waals surface area (Å²) >= 11 is 1.84. The van der Waals surface area contributed by atoms with Crippen molar-refractivity contribution < 1.29 is 9.59 Å². The van der Waals surface area contributed by atoms with E-state index in [9.17, 15) is 9.59 Å². The maximum Gasteiger partial charge on any atom is 0.239 e. The lowest BCUT2D eigenvalue weighted by atomic mass is 9.84. The van der Waals surface area contributed by atoms with E-state index >= 15 is 0 Å². The zero-order valence-corrected chi connectivity index (χ0v) is 10.9. The molecule has 2 aliphatic rings. The number of thioether (sulfide) groups is 1. The lowest BCUT2D eigenvalue weighted by Gasteiger charge is -2.40. The normalized spacial score (nSPS) is 26.9. The van der Waals surface area contributed by atoms with Gasteiger partial charge in [0.15, 0.2) is 0 Å². The van der Waals surface area contributed by atoms with Crippen molar-refractivity contribution in [1.29, 1.82) is 0 Å². The molecule has 5 nitrogen and oxygen atoms in total. The minimum atomic E-state index is -0.285. The number of nitrogens with one attached hydrogen (secondary N) is 3. The van der Waals surface area contributed by atoms with Crippen LogP contribution in [0.5, 0.6) is 0 Å². The van der Waals surface area contributed by atoms with Gasteiger partial charge in [-0.2, -0.15) is 11.8 Å². The number of hydrogen-bond donors (Lipinski definition) is 3. The van der Waals surface area contributed by atoms with Gasteiger partial charge in [-0.1, -0.05) is 6.42 Å². The van der Waals surface area contributed by atoms with Crippen LogP contribution in [0.4, 0.5) is 0 Å². The molecule has 0 aromatic heterocycles. The monoisotopic (exact) mass is 257 g/mol. The van der Waals surface area contributed by atoms with Crippen molar-refractivity contribution in [2.45, 2.75) is 30.1 Å². The van der Waals surface area contributed by atoms with Crippen LogP contribution >= 0.6 is 11.8 Å². The lowest BCUT2D eigenvalue weighted by molar-refractivity contribution is -0.126. The number of amides is 2. The highest BCUT2D eigenvalue weighted by Gasteiger charge is 2.37. The summed E-state index contributed by atoms with van der Waals surface area (Å²) in [5.74, 6) is -0.0565. The van der Waals surface area contributed by atoms with Crippen LogP contribution in [0.15, 0.2) is 0 Å². The van der Waals surface area contributed by atoms with E-state index in [1.807, 2.05) is 11.8 Å². The molecule has 0 aromatic carbocycles. The molecular formula is C11H19N3O2S. The van der Waals surface area contributed by atoms with Crippen LogP contribution < -0.4 is 16.0 Å². The van der Waals surface area contributed by atoms with Crippen LogP contribution in [-0.4, -0.2) is 48.5 Å². The van der Waals surface area contributed by atoms with Crippen LogP contribution in [0.1, 0.15) is 19.3 Å². The van der Waals surface area contributed by atoms with Crippen molar-refractivity contribution in [3.8, 4) is 0 Å². The molecule has 2 fully saturated rings. The maximum atomic E-state index is 11.9. The first-order valence-electron chi connectivity index (χ1n) is 5.98. The third kappa shape index (κ3) is 2.93. The number of piperazine rings is 1. The first kappa shape index (κ1) is 12.7. The highest BCUT2D eigenvalue weighted by atomic mass is 32.2. The van der Waals surface area contributed by atoms with Gasteiger partial charge >= 0.3 is 0 Å². The molecule has 1 aliphatic heterocycles. The predicted molar refractivity (Wildman–Crippen MR) is 67.9 cm³/mol. The number of carbonyl (C=O) groups is 2. The Hall–Kier alpha value is -0.750. The Labute approximate surface area is 105 Å². The molecule has 0 spiro atoms. The summed E-state index contributed by atoms with van der Waals surface area (Å²) in [6.07, 6.45) is 5.73. The second-order valence-electron chi connectivity index (χ2n) is 4.70. The number of hydrogen-bond acceptors (Lipinski definition) is 4. The number of carbonyl (C=O) groups excluding carboxylic acids is 2. The summed E-state index contributed by atoms with van der Waals surface area (Å²) in [5, 5.41) is 8.60. The van der Waals surface area contributed by atoms with E-state index < -0.39 is 0 Å². The molecule has 1 atom stereocenters. The SMILES string of the molecule is CSC1(CNC(=O)C2CNC(=O)CN2)CCC1. The number of rotatable bonds is 4. The fraction of sp³-hybridized carbons (Fsp3) is 0.818. The Morgan fingerprint density at radius 3 is 2.82 bits per heavy atom. The van der Waals surface area contributed by atoms with Crippen LogP contribution in [0.3, 0.4) is 0 Å². The Balaban J connectivity index is 1.75. The molecule has 1 saturated carbocycles. The fourth-order valence-corrected chi connectivity index (χ4v) is 3.06. The smallest absolute Gasteiger partial charge is 0.239 e. The molecular weight excluding hydrogens is 238 g/mol. The van der Waals surface area contributed by atoms with Gasteiger partial charge in [-0.25, -0.2) is 0 Å². The van der Waals surface area contributed by atoms with Gasteiger partial charge < -0.3 is 10.6 Å². The quantitative estimate of drug-likeness (QED) is 0.633. The van der Waals surface area contributed by atoms with E-state index in [1.54, 1.807) is 0 Å². The van der Waals surface area contributed by atoms with Gasteiger partial charge in [0, 0.05) is 17.8 Å². The van der Waals surface area contributed by atoms with Crippen LogP contribution in [0, 0.1) is 0 Å². The van der Waals surface area contributed by atoms with Gasteiger partial charge in [0.2, 0.25) is 11.8 Å². The molecule has 3 N–H and O–H groups in total. The largest absolute Gasteiger partial charge is 0.353 e. The minimum Gasteiger partial charge on any atom is -0.353 e. The van der Waals surface area contributed by atoms with Gasteiger partial charge in [-0.15, -0.1) is 0 Å². The van der Waals surface area contributed by atoms with E-state index in [2.05, 4.69) is 22.2 Å². The molecule has 0 aromatic rings. The molecule has 96 valence electrons. The lowest BCUT2D eigenvalue weighted by Crippen LogP contribution is -2.59. The zero-order valence-electron chi connectivity index (χ0n) is 10.0. The van der Waals surface area contributed by atoms with Crippen molar-refractivity contribution >= 4 is 23.6 Å². The Morgan fingerprint density at radius 1 is 1.59 bits per heavy atom. The molecule has 2 rings (SSSR count). The average Bonchev–Trinajstić information content (AvgIpc) is 2.29. The summed E-state index contributed by atoms with van der Waals surface area (Å²) in [6, 6.07) is -0.285. The predicted octanol–water partition coefficient (Wildman–Crippen LogP) is -0.524. The summed E-state index contributed by atoms with van der Waals surface area (Å²) in [4.78, 5) is 22.8. The summed E-state index contributed by atoms with van der Waals surface area (Å²) < 4.78 is 0.258. The van der Waals surface area contributed by atoms with Gasteiger partial charge in [0.25, 0.3) is 0 Å². The Morgan fingerprint density at radius 2 is 2.35 bits per heavy atom. The third-order valence-electron chi connectivity index (χ3n) is 3.61. The fourth-order valence-electron chi connectivity index (χ4n) is 2.15. The summed E-state index contributed by atoms with van der Waals surface area (Å²) in [5.41, 5.74) is 0. The van der Waals surface area contributed by atoms with E-state index in [0.717, 1.165) is 6.54 Å². The molecule has 17 heavy (non-hydrogen) atoms. The van der Waals surface area contributed by atoms with Crippen molar-refractivity contribution in [3.05, 3.63) is 0 Å². The molecule has 0 radical (unpaired) electrons. The van der Waals surface area contributed by atoms with Gasteiger partial charge in [0.1, 0.15) is 6.04 Å². The molecule has 1 aliphatic carbocycles. The summed E-state index contributed by atoms with van der Waals surface area (Å²) in [7, 11) is 0. The second-order valence-corrected chi connectivity index (χ2v) is 5.97. The molecule has 1 heterocycles. The van der Waals surface area contributed by atoms with Crippen LogP contribution in [0.2, 0.25) is 0 Å². The molecule has 2 amide bonds. The van der Waals surface area contributed by atoms with E-state index in [0.29, 0.717) is 6.54 Å². The van der Waals surface area contributed by atoms with Gasteiger partial charge in [0.05, 0.1) is 6.54 Å². The zero-order chi connectivity index (χ0) is 12.3. The topological polar surface area (TPSA) is 70.2 Å². The van der Waals surface area contributed by atoms with Crippen LogP contribution in [0.25, 0.3) is 0 Å². The van der Waals surface area contributed by atoms with Crippen molar-refractivity contribution in [1.82, 2.24) is 16.0 Å². The highest BCUT2D eigenvalue weighted by molar-refractivity contribution is 8.00. The Kier molecular flexibility index (Phi) is 3.93. The standard InChI is InChI=1S/C11H19N3O2S/c1-17-11(3-2-4-11)7-14-10(16)8-5-13-9(15)6-12-8/h8,12H,2-7H2,1H3,(H,13,15)(H,14,16). The van der Waals surface area contributed by atoms with E-state index in [-0.39, 0.29) is 29.1 Å².